The van der Waals surface area contributed by atoms with Crippen molar-refractivity contribution < 1.29 is 34.4 Å². The van der Waals surface area contributed by atoms with Crippen molar-refractivity contribution in [3.8, 4) is 17.2 Å². The molecule has 1 fully saturated rings. The van der Waals surface area contributed by atoms with Crippen molar-refractivity contribution in [2.24, 2.45) is 11.8 Å². The number of carbonyl (C=O) groups excluding carboxylic acids is 1. The molecule has 154 valence electrons. The van der Waals surface area contributed by atoms with Crippen LogP contribution in [0.1, 0.15) is 24.0 Å². The summed E-state index contributed by atoms with van der Waals surface area (Å²) >= 11 is 0. The molecule has 2 aromatic rings. The Hall–Kier alpha value is -3.22. The standard InChI is InChI=1S/C22H24O7/c23-17-4-1-3-14(8-17)7-16-13-29-22(27)20(16)11-15-9-18(24)12-19(10-15)28-6-2-5-21(25)26/h1,3-4,8-10,12,16,20,23-24H,2,5-7,11,13H2,(H,25,26). The van der Waals surface area contributed by atoms with Crippen molar-refractivity contribution in [1.29, 1.82) is 0 Å². The molecule has 3 N–H and O–H groups in total. The molecule has 1 aliphatic heterocycles. The number of hydrogen-bond acceptors (Lipinski definition) is 6. The minimum Gasteiger partial charge on any atom is -0.508 e. The molecule has 0 spiro atoms. The Morgan fingerprint density at radius 2 is 1.86 bits per heavy atom. The van der Waals surface area contributed by atoms with E-state index in [1.807, 2.05) is 6.07 Å². The first-order chi connectivity index (χ1) is 13.9. The van der Waals surface area contributed by atoms with Crippen molar-refractivity contribution in [3.63, 3.8) is 0 Å². The molecule has 0 saturated carbocycles. The van der Waals surface area contributed by atoms with Crippen molar-refractivity contribution in [2.75, 3.05) is 13.2 Å². The summed E-state index contributed by atoms with van der Waals surface area (Å²) in [5.74, 6) is -0.925. The van der Waals surface area contributed by atoms with Crippen molar-refractivity contribution in [1.82, 2.24) is 0 Å². The van der Waals surface area contributed by atoms with Crippen molar-refractivity contribution in [2.45, 2.75) is 25.7 Å². The van der Waals surface area contributed by atoms with E-state index in [0.717, 1.165) is 11.1 Å². The molecule has 0 amide bonds. The molecular weight excluding hydrogens is 376 g/mol. The van der Waals surface area contributed by atoms with Gasteiger partial charge < -0.3 is 24.8 Å². The fourth-order valence-corrected chi connectivity index (χ4v) is 3.55. The number of rotatable bonds is 9. The molecule has 1 saturated heterocycles. The van der Waals surface area contributed by atoms with Crippen LogP contribution in [-0.4, -0.2) is 40.5 Å². The number of phenols is 2. The third kappa shape index (κ3) is 5.88. The van der Waals surface area contributed by atoms with E-state index in [0.29, 0.717) is 31.6 Å². The van der Waals surface area contributed by atoms with Gasteiger partial charge in [-0.1, -0.05) is 12.1 Å². The molecule has 0 bridgehead atoms. The molecule has 0 aliphatic carbocycles. The number of benzene rings is 2. The van der Waals surface area contributed by atoms with E-state index in [-0.39, 0.29) is 42.3 Å². The first-order valence-electron chi connectivity index (χ1n) is 9.53. The zero-order valence-electron chi connectivity index (χ0n) is 15.9. The van der Waals surface area contributed by atoms with Crippen LogP contribution < -0.4 is 4.74 Å². The Bertz CT molecular complexity index is 877. The van der Waals surface area contributed by atoms with Crippen LogP contribution in [-0.2, 0) is 27.2 Å². The summed E-state index contributed by atoms with van der Waals surface area (Å²) in [4.78, 5) is 22.8. The van der Waals surface area contributed by atoms with Crippen LogP contribution in [0.4, 0.5) is 0 Å². The second-order valence-electron chi connectivity index (χ2n) is 7.26. The van der Waals surface area contributed by atoms with E-state index >= 15 is 0 Å². The number of carbonyl (C=O) groups is 2. The third-order valence-electron chi connectivity index (χ3n) is 4.93. The minimum absolute atomic E-state index is 0.0102. The SMILES string of the molecule is O=C(O)CCCOc1cc(O)cc(CC2C(=O)OCC2Cc2cccc(O)c2)c1. The number of aromatic hydroxyl groups is 2. The van der Waals surface area contributed by atoms with Gasteiger partial charge in [0.05, 0.1) is 19.1 Å². The van der Waals surface area contributed by atoms with Gasteiger partial charge in [0.15, 0.2) is 0 Å². The topological polar surface area (TPSA) is 113 Å². The molecule has 1 heterocycles. The average molecular weight is 400 g/mol. The number of esters is 1. The lowest BCUT2D eigenvalue weighted by Gasteiger charge is -2.16. The number of carboxylic acids is 1. The second-order valence-corrected chi connectivity index (χ2v) is 7.26. The summed E-state index contributed by atoms with van der Waals surface area (Å²) < 4.78 is 10.8. The number of phenolic OH excluding ortho intramolecular Hbond substituents is 2. The van der Waals surface area contributed by atoms with Gasteiger partial charge in [0.2, 0.25) is 0 Å². The Morgan fingerprint density at radius 3 is 2.62 bits per heavy atom. The Kier molecular flexibility index (Phi) is 6.59. The van der Waals surface area contributed by atoms with E-state index in [1.54, 1.807) is 30.3 Å². The van der Waals surface area contributed by atoms with E-state index < -0.39 is 5.97 Å². The van der Waals surface area contributed by atoms with Crippen molar-refractivity contribution in [3.05, 3.63) is 53.6 Å². The summed E-state index contributed by atoms with van der Waals surface area (Å²) in [5, 5.41) is 28.3. The Morgan fingerprint density at radius 1 is 1.07 bits per heavy atom. The highest BCUT2D eigenvalue weighted by Gasteiger charge is 2.37. The minimum atomic E-state index is -0.886. The zero-order chi connectivity index (χ0) is 20.8. The molecule has 1 aliphatic rings. The normalized spacial score (nSPS) is 18.4. The maximum Gasteiger partial charge on any atom is 0.309 e. The Balaban J connectivity index is 1.66. The molecular formula is C22H24O7. The van der Waals surface area contributed by atoms with E-state index in [4.69, 9.17) is 14.6 Å². The largest absolute Gasteiger partial charge is 0.508 e. The van der Waals surface area contributed by atoms with E-state index in [9.17, 15) is 19.8 Å². The lowest BCUT2D eigenvalue weighted by Crippen LogP contribution is -2.20. The van der Waals surface area contributed by atoms with Gasteiger partial charge in [-0.2, -0.15) is 0 Å². The highest BCUT2D eigenvalue weighted by atomic mass is 16.5. The van der Waals surface area contributed by atoms with E-state index in [1.165, 1.54) is 6.07 Å². The zero-order valence-corrected chi connectivity index (χ0v) is 15.9. The number of hydrogen-bond donors (Lipinski definition) is 3. The van der Waals surface area contributed by atoms with Gasteiger partial charge in [-0.3, -0.25) is 9.59 Å². The van der Waals surface area contributed by atoms with Gasteiger partial charge in [-0.05, 0) is 54.7 Å². The Labute approximate surface area is 168 Å². The molecule has 7 nitrogen and oxygen atoms in total. The molecule has 7 heteroatoms. The van der Waals surface area contributed by atoms with E-state index in [2.05, 4.69) is 0 Å². The third-order valence-corrected chi connectivity index (χ3v) is 4.93. The van der Waals surface area contributed by atoms with Crippen LogP contribution in [0.2, 0.25) is 0 Å². The summed E-state index contributed by atoms with van der Waals surface area (Å²) in [6.07, 6.45) is 1.36. The highest BCUT2D eigenvalue weighted by molar-refractivity contribution is 5.75. The second kappa shape index (κ2) is 9.32. The quantitative estimate of drug-likeness (QED) is 0.438. The fourth-order valence-electron chi connectivity index (χ4n) is 3.55. The lowest BCUT2D eigenvalue weighted by molar-refractivity contribution is -0.141. The number of cyclic esters (lactones) is 1. The molecule has 3 rings (SSSR count). The van der Waals surface area contributed by atoms with Crippen LogP contribution >= 0.6 is 0 Å². The first-order valence-corrected chi connectivity index (χ1v) is 9.53. The smallest absolute Gasteiger partial charge is 0.309 e. The van der Waals surface area contributed by atoms with Crippen LogP contribution in [0.3, 0.4) is 0 Å². The van der Waals surface area contributed by atoms with Gasteiger partial charge >= 0.3 is 11.9 Å². The number of ether oxygens (including phenoxy) is 2. The van der Waals surface area contributed by atoms with Gasteiger partial charge in [0.1, 0.15) is 17.2 Å². The van der Waals surface area contributed by atoms with Gasteiger partial charge in [-0.25, -0.2) is 0 Å². The molecule has 0 radical (unpaired) electrons. The summed E-state index contributed by atoms with van der Waals surface area (Å²) in [7, 11) is 0. The predicted octanol–water partition coefficient (Wildman–Crippen LogP) is 2.92. The maximum absolute atomic E-state index is 12.3. The van der Waals surface area contributed by atoms with Gasteiger partial charge in [0, 0.05) is 18.4 Å². The monoisotopic (exact) mass is 400 g/mol. The van der Waals surface area contributed by atoms with Gasteiger partial charge in [-0.15, -0.1) is 0 Å². The van der Waals surface area contributed by atoms with Crippen LogP contribution in [0.5, 0.6) is 17.2 Å². The fraction of sp³-hybridized carbons (Fsp3) is 0.364. The molecule has 2 atom stereocenters. The molecule has 0 aromatic heterocycles. The summed E-state index contributed by atoms with van der Waals surface area (Å²) in [6, 6.07) is 11.7. The van der Waals surface area contributed by atoms with Crippen molar-refractivity contribution >= 4 is 11.9 Å². The predicted molar refractivity (Wildman–Crippen MR) is 104 cm³/mol. The lowest BCUT2D eigenvalue weighted by atomic mass is 9.85. The van der Waals surface area contributed by atoms with Crippen LogP contribution in [0.15, 0.2) is 42.5 Å². The maximum atomic E-state index is 12.3. The van der Waals surface area contributed by atoms with Crippen LogP contribution in [0.25, 0.3) is 0 Å². The summed E-state index contributed by atoms with van der Waals surface area (Å²) in [5.41, 5.74) is 1.67. The summed E-state index contributed by atoms with van der Waals surface area (Å²) in [6.45, 7) is 0.539. The van der Waals surface area contributed by atoms with Crippen LogP contribution in [0, 0.1) is 11.8 Å². The first kappa shape index (κ1) is 20.5. The number of carboxylic acid groups (broad SMARTS) is 1. The molecule has 29 heavy (non-hydrogen) atoms. The van der Waals surface area contributed by atoms with Gasteiger partial charge in [0.25, 0.3) is 0 Å². The molecule has 2 aromatic carbocycles. The molecule has 2 unspecified atom stereocenters. The average Bonchev–Trinajstić information content (AvgIpc) is 2.98. The number of aliphatic carboxylic acids is 1. The highest BCUT2D eigenvalue weighted by Crippen LogP contribution is 2.32.